The van der Waals surface area contributed by atoms with E-state index in [1.807, 2.05) is 12.1 Å². The van der Waals surface area contributed by atoms with Crippen molar-refractivity contribution in [3.05, 3.63) is 48.0 Å². The maximum atomic E-state index is 12.0. The van der Waals surface area contributed by atoms with Crippen LogP contribution in [0.2, 0.25) is 0 Å². The third-order valence-corrected chi connectivity index (χ3v) is 7.10. The van der Waals surface area contributed by atoms with Crippen molar-refractivity contribution in [2.45, 2.75) is 74.5 Å². The van der Waals surface area contributed by atoms with E-state index in [4.69, 9.17) is 0 Å². The molecule has 0 saturated heterocycles. The summed E-state index contributed by atoms with van der Waals surface area (Å²) in [6, 6.07) is 10.9. The molecule has 0 saturated carbocycles. The van der Waals surface area contributed by atoms with Gasteiger partial charge in [-0.3, -0.25) is 9.11 Å². The van der Waals surface area contributed by atoms with Gasteiger partial charge in [-0.1, -0.05) is 88.3 Å². The SMILES string of the molecule is CCCCCCCCCCc1ccccc1-c1cccc(S(=O)(=O)O)c1S(=O)(=O)O. The molecule has 0 radical (unpaired) electrons. The van der Waals surface area contributed by atoms with Crippen molar-refractivity contribution in [3.63, 3.8) is 0 Å². The van der Waals surface area contributed by atoms with Crippen molar-refractivity contribution in [1.29, 1.82) is 0 Å². The Morgan fingerprint density at radius 2 is 1.23 bits per heavy atom. The average Bonchev–Trinajstić information content (AvgIpc) is 2.68. The van der Waals surface area contributed by atoms with Crippen LogP contribution < -0.4 is 0 Å². The Kier molecular flexibility index (Phi) is 9.03. The highest BCUT2D eigenvalue weighted by Gasteiger charge is 2.28. The molecule has 0 aliphatic carbocycles. The smallest absolute Gasteiger partial charge is 0.282 e. The summed E-state index contributed by atoms with van der Waals surface area (Å²) in [5.41, 5.74) is 1.45. The first-order valence-corrected chi connectivity index (χ1v) is 13.2. The van der Waals surface area contributed by atoms with E-state index in [2.05, 4.69) is 6.92 Å². The number of aryl methyl sites for hydroxylation is 1. The van der Waals surface area contributed by atoms with Gasteiger partial charge in [-0.2, -0.15) is 16.8 Å². The maximum Gasteiger partial charge on any atom is 0.296 e. The predicted molar refractivity (Wildman–Crippen MR) is 118 cm³/mol. The number of rotatable bonds is 12. The van der Waals surface area contributed by atoms with E-state index < -0.39 is 30.0 Å². The van der Waals surface area contributed by atoms with Gasteiger partial charge >= 0.3 is 0 Å². The Hall–Kier alpha value is -1.74. The van der Waals surface area contributed by atoms with Gasteiger partial charge in [0.25, 0.3) is 20.2 Å². The lowest BCUT2D eigenvalue weighted by atomic mass is 9.95. The van der Waals surface area contributed by atoms with E-state index in [1.54, 1.807) is 12.1 Å². The fourth-order valence-corrected chi connectivity index (χ4v) is 5.65. The van der Waals surface area contributed by atoms with E-state index >= 15 is 0 Å². The topological polar surface area (TPSA) is 109 Å². The van der Waals surface area contributed by atoms with Crippen LogP contribution in [0.1, 0.15) is 63.9 Å². The fraction of sp³-hybridized carbons (Fsp3) is 0.455. The van der Waals surface area contributed by atoms with Crippen molar-refractivity contribution >= 4 is 20.2 Å². The third-order valence-electron chi connectivity index (χ3n) is 5.12. The van der Waals surface area contributed by atoms with Gasteiger partial charge in [-0.15, -0.1) is 0 Å². The molecule has 0 amide bonds. The number of unbranched alkanes of at least 4 members (excludes halogenated alkanes) is 7. The normalized spacial score (nSPS) is 12.2. The maximum absolute atomic E-state index is 12.0. The van der Waals surface area contributed by atoms with Crippen LogP contribution in [0.25, 0.3) is 11.1 Å². The molecule has 0 atom stereocenters. The summed E-state index contributed by atoms with van der Waals surface area (Å²) in [6.07, 6.45) is 10.0. The van der Waals surface area contributed by atoms with Gasteiger partial charge in [0.1, 0.15) is 9.79 Å². The Morgan fingerprint density at radius 3 is 1.83 bits per heavy atom. The first kappa shape index (κ1) is 24.5. The molecule has 2 aromatic rings. The molecule has 0 bridgehead atoms. The summed E-state index contributed by atoms with van der Waals surface area (Å²) < 4.78 is 66.5. The van der Waals surface area contributed by atoms with E-state index in [1.165, 1.54) is 44.2 Å². The molecule has 166 valence electrons. The fourth-order valence-electron chi connectivity index (χ4n) is 3.65. The van der Waals surface area contributed by atoms with E-state index in [0.717, 1.165) is 30.9 Å². The molecule has 0 heterocycles. The Balaban J connectivity index is 2.26. The third kappa shape index (κ3) is 6.91. The quantitative estimate of drug-likeness (QED) is 0.322. The highest BCUT2D eigenvalue weighted by molar-refractivity contribution is 7.89. The number of hydrogen-bond donors (Lipinski definition) is 2. The molecule has 0 fully saturated rings. The van der Waals surface area contributed by atoms with Gasteiger partial charge in [0, 0.05) is 5.56 Å². The van der Waals surface area contributed by atoms with Gasteiger partial charge in [-0.25, -0.2) is 0 Å². The number of hydrogen-bond acceptors (Lipinski definition) is 4. The van der Waals surface area contributed by atoms with Crippen LogP contribution in [-0.2, 0) is 26.7 Å². The molecule has 2 rings (SSSR count). The summed E-state index contributed by atoms with van der Waals surface area (Å²) in [5, 5.41) is 0. The molecule has 2 aromatic carbocycles. The minimum atomic E-state index is -4.89. The van der Waals surface area contributed by atoms with Crippen LogP contribution in [-0.4, -0.2) is 25.9 Å². The molecular formula is C22H30O6S2. The highest BCUT2D eigenvalue weighted by Crippen LogP contribution is 2.35. The van der Waals surface area contributed by atoms with Crippen molar-refractivity contribution in [2.75, 3.05) is 0 Å². The largest absolute Gasteiger partial charge is 0.296 e. The lowest BCUT2D eigenvalue weighted by molar-refractivity contribution is 0.467. The Bertz CT molecular complexity index is 1040. The van der Waals surface area contributed by atoms with Crippen molar-refractivity contribution < 1.29 is 25.9 Å². The standard InChI is InChI=1S/C22H30O6S2/c1-2-3-4-5-6-7-8-9-13-18-14-10-11-15-19(18)20-16-12-17-21(29(23,24)25)22(20)30(26,27)28/h10-12,14-17H,2-9,13H2,1H3,(H,23,24,25)(H,26,27,28). The molecular weight excluding hydrogens is 424 g/mol. The predicted octanol–water partition coefficient (Wildman–Crippen LogP) is 5.53. The van der Waals surface area contributed by atoms with Gasteiger partial charge in [0.2, 0.25) is 0 Å². The lowest BCUT2D eigenvalue weighted by Crippen LogP contribution is -2.10. The Morgan fingerprint density at radius 1 is 0.667 bits per heavy atom. The molecule has 30 heavy (non-hydrogen) atoms. The van der Waals surface area contributed by atoms with E-state index in [0.29, 0.717) is 12.0 Å². The minimum absolute atomic E-state index is 0.0581. The van der Waals surface area contributed by atoms with E-state index in [-0.39, 0.29) is 5.56 Å². The van der Waals surface area contributed by atoms with Crippen LogP contribution in [0.15, 0.2) is 52.3 Å². The molecule has 0 aliphatic rings. The summed E-state index contributed by atoms with van der Waals surface area (Å²) in [5.74, 6) is 0. The second-order valence-electron chi connectivity index (χ2n) is 7.46. The van der Waals surface area contributed by atoms with Crippen LogP contribution in [0.5, 0.6) is 0 Å². The van der Waals surface area contributed by atoms with Crippen molar-refractivity contribution in [2.24, 2.45) is 0 Å². The Labute approximate surface area is 179 Å². The molecule has 0 unspecified atom stereocenters. The first-order chi connectivity index (χ1) is 14.2. The molecule has 8 heteroatoms. The summed E-state index contributed by atoms with van der Waals surface area (Å²) in [7, 11) is -9.72. The zero-order valence-electron chi connectivity index (χ0n) is 17.2. The molecule has 0 aromatic heterocycles. The van der Waals surface area contributed by atoms with Crippen molar-refractivity contribution in [1.82, 2.24) is 0 Å². The van der Waals surface area contributed by atoms with Gasteiger partial charge in [0.05, 0.1) is 0 Å². The highest BCUT2D eigenvalue weighted by atomic mass is 32.2. The summed E-state index contributed by atoms with van der Waals surface area (Å²) in [6.45, 7) is 2.19. The summed E-state index contributed by atoms with van der Waals surface area (Å²) in [4.78, 5) is -1.62. The van der Waals surface area contributed by atoms with Crippen molar-refractivity contribution in [3.8, 4) is 11.1 Å². The second kappa shape index (κ2) is 11.0. The zero-order valence-corrected chi connectivity index (χ0v) is 18.9. The monoisotopic (exact) mass is 454 g/mol. The molecule has 0 aliphatic heterocycles. The second-order valence-corrected chi connectivity index (χ2v) is 10.2. The van der Waals surface area contributed by atoms with Crippen LogP contribution in [0, 0.1) is 0 Å². The number of benzene rings is 2. The van der Waals surface area contributed by atoms with Gasteiger partial charge < -0.3 is 0 Å². The van der Waals surface area contributed by atoms with E-state index in [9.17, 15) is 25.9 Å². The molecule has 2 N–H and O–H groups in total. The first-order valence-electron chi connectivity index (χ1n) is 10.3. The average molecular weight is 455 g/mol. The minimum Gasteiger partial charge on any atom is -0.282 e. The molecule has 6 nitrogen and oxygen atoms in total. The summed E-state index contributed by atoms with van der Waals surface area (Å²) >= 11 is 0. The van der Waals surface area contributed by atoms with Crippen LogP contribution >= 0.6 is 0 Å². The molecule has 0 spiro atoms. The zero-order chi connectivity index (χ0) is 22.2. The van der Waals surface area contributed by atoms with Crippen LogP contribution in [0.3, 0.4) is 0 Å². The van der Waals surface area contributed by atoms with Crippen LogP contribution in [0.4, 0.5) is 0 Å². The van der Waals surface area contributed by atoms with Gasteiger partial charge in [0.15, 0.2) is 0 Å². The lowest BCUT2D eigenvalue weighted by Gasteiger charge is -2.14. The van der Waals surface area contributed by atoms with Gasteiger partial charge in [-0.05, 0) is 30.0 Å².